The Balaban J connectivity index is 2.42. The van der Waals surface area contributed by atoms with Crippen molar-refractivity contribution in [3.63, 3.8) is 0 Å². The molecule has 0 aromatic rings. The summed E-state index contributed by atoms with van der Waals surface area (Å²) in [7, 11) is 0. The van der Waals surface area contributed by atoms with Crippen molar-refractivity contribution in [1.82, 2.24) is 0 Å². The third kappa shape index (κ3) is 1.00. The summed E-state index contributed by atoms with van der Waals surface area (Å²) in [6.07, 6.45) is 4.63. The Hall–Kier alpha value is -0.520. The summed E-state index contributed by atoms with van der Waals surface area (Å²) in [6, 6.07) is 0. The van der Waals surface area contributed by atoms with Crippen molar-refractivity contribution in [2.45, 2.75) is 19.4 Å². The summed E-state index contributed by atoms with van der Waals surface area (Å²) in [5.41, 5.74) is 2.94. The van der Waals surface area contributed by atoms with Crippen LogP contribution in [0.5, 0.6) is 0 Å². The van der Waals surface area contributed by atoms with Crippen molar-refractivity contribution in [2.24, 2.45) is 5.92 Å². The zero-order valence-electron chi connectivity index (χ0n) is 4.96. The molecule has 0 spiro atoms. The van der Waals surface area contributed by atoms with Gasteiger partial charge in [0, 0.05) is 5.92 Å². The summed E-state index contributed by atoms with van der Waals surface area (Å²) in [4.78, 5) is 0. The standard InChI is InChI=1S/C7H10O/c1-6(8)7-4-2-3-5-7/h2,5-8H,4H2,1H3. The first-order valence-electron chi connectivity index (χ1n) is 2.90. The van der Waals surface area contributed by atoms with Crippen LogP contribution in [-0.4, -0.2) is 11.2 Å². The molecule has 0 aromatic carbocycles. The zero-order valence-corrected chi connectivity index (χ0v) is 4.96. The molecule has 44 valence electrons. The number of rotatable bonds is 1. The molecule has 1 heteroatoms. The molecule has 0 amide bonds. The normalized spacial score (nSPS) is 29.0. The summed E-state index contributed by atoms with van der Waals surface area (Å²) < 4.78 is 0. The summed E-state index contributed by atoms with van der Waals surface area (Å²) in [5.74, 6) is 0.329. The van der Waals surface area contributed by atoms with Crippen LogP contribution in [0.2, 0.25) is 0 Å². The van der Waals surface area contributed by atoms with Gasteiger partial charge >= 0.3 is 0 Å². The molecule has 0 saturated carbocycles. The lowest BCUT2D eigenvalue weighted by Gasteiger charge is -2.08. The zero-order chi connectivity index (χ0) is 5.98. The molecular weight excluding hydrogens is 100 g/mol. The van der Waals surface area contributed by atoms with Crippen molar-refractivity contribution in [3.8, 4) is 0 Å². The van der Waals surface area contributed by atoms with Crippen molar-refractivity contribution < 1.29 is 5.11 Å². The van der Waals surface area contributed by atoms with E-state index < -0.39 is 0 Å². The van der Waals surface area contributed by atoms with Gasteiger partial charge in [-0.25, -0.2) is 0 Å². The molecule has 1 aliphatic carbocycles. The molecule has 0 aliphatic heterocycles. The maximum atomic E-state index is 8.96. The Kier molecular flexibility index (Phi) is 1.52. The van der Waals surface area contributed by atoms with E-state index in [0.29, 0.717) is 5.92 Å². The van der Waals surface area contributed by atoms with Crippen molar-refractivity contribution in [2.75, 3.05) is 0 Å². The third-order valence-electron chi connectivity index (χ3n) is 1.44. The van der Waals surface area contributed by atoms with Gasteiger partial charge in [0.05, 0.1) is 6.10 Å². The van der Waals surface area contributed by atoms with E-state index in [1.807, 2.05) is 19.1 Å². The van der Waals surface area contributed by atoms with Gasteiger partial charge in [-0.2, -0.15) is 0 Å². The fourth-order valence-electron chi connectivity index (χ4n) is 0.800. The highest BCUT2D eigenvalue weighted by atomic mass is 16.3. The molecule has 1 N–H and O–H groups in total. The lowest BCUT2D eigenvalue weighted by molar-refractivity contribution is 0.152. The van der Waals surface area contributed by atoms with Gasteiger partial charge in [0.2, 0.25) is 0 Å². The Labute approximate surface area is 49.3 Å². The lowest BCUT2D eigenvalue weighted by atomic mass is 10.0. The van der Waals surface area contributed by atoms with E-state index in [1.165, 1.54) is 0 Å². The van der Waals surface area contributed by atoms with Crippen LogP contribution in [0.3, 0.4) is 0 Å². The predicted octanol–water partition coefficient (Wildman–Crippen LogP) is 1.10. The van der Waals surface area contributed by atoms with Gasteiger partial charge in [-0.1, -0.05) is 0 Å². The molecule has 0 saturated heterocycles. The lowest BCUT2D eigenvalue weighted by Crippen LogP contribution is -2.11. The molecule has 1 rings (SSSR count). The Morgan fingerprint density at radius 2 is 2.62 bits per heavy atom. The van der Waals surface area contributed by atoms with E-state index in [9.17, 15) is 0 Å². The van der Waals surface area contributed by atoms with Crippen molar-refractivity contribution in [1.29, 1.82) is 0 Å². The molecule has 0 fully saturated rings. The summed E-state index contributed by atoms with van der Waals surface area (Å²) in [6.45, 7) is 1.81. The molecular formula is C7H10O. The first-order valence-corrected chi connectivity index (χ1v) is 2.90. The summed E-state index contributed by atoms with van der Waals surface area (Å²) in [5, 5.41) is 8.96. The highest BCUT2D eigenvalue weighted by molar-refractivity contribution is 5.01. The number of hydrogen-bond donors (Lipinski definition) is 1. The summed E-state index contributed by atoms with van der Waals surface area (Å²) >= 11 is 0. The minimum atomic E-state index is -0.207. The maximum absolute atomic E-state index is 8.96. The van der Waals surface area contributed by atoms with Gasteiger partial charge in [0.15, 0.2) is 0 Å². The fraction of sp³-hybridized carbons (Fsp3) is 0.571. The molecule has 0 aromatic heterocycles. The van der Waals surface area contributed by atoms with E-state index in [2.05, 4.69) is 5.73 Å². The number of hydrogen-bond acceptors (Lipinski definition) is 1. The van der Waals surface area contributed by atoms with E-state index in [0.717, 1.165) is 6.42 Å². The van der Waals surface area contributed by atoms with Crippen LogP contribution in [0.15, 0.2) is 17.9 Å². The van der Waals surface area contributed by atoms with Gasteiger partial charge in [-0.3, -0.25) is 0 Å². The van der Waals surface area contributed by atoms with E-state index in [1.54, 1.807) is 0 Å². The number of aliphatic hydroxyl groups is 1. The molecule has 2 unspecified atom stereocenters. The Bertz CT molecular complexity index is 129. The van der Waals surface area contributed by atoms with Crippen LogP contribution in [-0.2, 0) is 0 Å². The minimum Gasteiger partial charge on any atom is -0.393 e. The largest absolute Gasteiger partial charge is 0.393 e. The first kappa shape index (κ1) is 5.61. The number of aliphatic hydroxyl groups excluding tert-OH is 1. The predicted molar refractivity (Wildman–Crippen MR) is 32.4 cm³/mol. The van der Waals surface area contributed by atoms with Crippen LogP contribution >= 0.6 is 0 Å². The SMILES string of the molecule is CC(O)C1C=C=CC1. The van der Waals surface area contributed by atoms with Crippen LogP contribution in [0.25, 0.3) is 0 Å². The van der Waals surface area contributed by atoms with Crippen LogP contribution in [0, 0.1) is 5.92 Å². The van der Waals surface area contributed by atoms with Gasteiger partial charge < -0.3 is 5.11 Å². The molecule has 0 radical (unpaired) electrons. The molecule has 8 heavy (non-hydrogen) atoms. The second-order valence-corrected chi connectivity index (χ2v) is 2.18. The molecule has 0 bridgehead atoms. The fourth-order valence-corrected chi connectivity index (χ4v) is 0.800. The average molecular weight is 110 g/mol. The minimum absolute atomic E-state index is 0.207. The van der Waals surface area contributed by atoms with E-state index in [-0.39, 0.29) is 6.10 Å². The van der Waals surface area contributed by atoms with Crippen molar-refractivity contribution in [3.05, 3.63) is 17.9 Å². The van der Waals surface area contributed by atoms with E-state index in [4.69, 9.17) is 5.11 Å². The monoisotopic (exact) mass is 110 g/mol. The highest BCUT2D eigenvalue weighted by Gasteiger charge is 2.11. The molecule has 0 heterocycles. The van der Waals surface area contributed by atoms with E-state index >= 15 is 0 Å². The van der Waals surface area contributed by atoms with Crippen LogP contribution in [0.1, 0.15) is 13.3 Å². The second-order valence-electron chi connectivity index (χ2n) is 2.18. The molecule has 1 nitrogen and oxygen atoms in total. The van der Waals surface area contributed by atoms with Gasteiger partial charge in [0.25, 0.3) is 0 Å². The Morgan fingerprint density at radius 3 is 2.88 bits per heavy atom. The van der Waals surface area contributed by atoms with Crippen molar-refractivity contribution >= 4 is 0 Å². The van der Waals surface area contributed by atoms with Gasteiger partial charge in [-0.15, -0.1) is 5.73 Å². The van der Waals surface area contributed by atoms with Gasteiger partial charge in [-0.05, 0) is 25.5 Å². The van der Waals surface area contributed by atoms with Crippen LogP contribution in [0.4, 0.5) is 0 Å². The van der Waals surface area contributed by atoms with Gasteiger partial charge in [0.1, 0.15) is 0 Å². The molecule has 2 atom stereocenters. The first-order chi connectivity index (χ1) is 3.80. The quantitative estimate of drug-likeness (QED) is 0.501. The smallest absolute Gasteiger partial charge is 0.0583 e. The molecule has 1 aliphatic rings. The topological polar surface area (TPSA) is 20.2 Å². The Morgan fingerprint density at radius 1 is 1.88 bits per heavy atom. The average Bonchev–Trinajstić information content (AvgIpc) is 2.12. The van der Waals surface area contributed by atoms with Crippen LogP contribution < -0.4 is 0 Å². The maximum Gasteiger partial charge on any atom is 0.0583 e. The third-order valence-corrected chi connectivity index (χ3v) is 1.44. The second kappa shape index (κ2) is 2.17. The highest BCUT2D eigenvalue weighted by Crippen LogP contribution is 2.14.